The molecule has 1 atom stereocenters. The van der Waals surface area contributed by atoms with Crippen molar-refractivity contribution < 1.29 is 5.11 Å². The molecule has 0 aliphatic carbocycles. The van der Waals surface area contributed by atoms with E-state index in [0.717, 1.165) is 17.1 Å². The minimum absolute atomic E-state index is 0.554. The van der Waals surface area contributed by atoms with Crippen LogP contribution < -0.4 is 4.90 Å². The van der Waals surface area contributed by atoms with Gasteiger partial charge in [0.25, 0.3) is 0 Å². The lowest BCUT2D eigenvalue weighted by molar-refractivity contribution is 0.199. The van der Waals surface area contributed by atoms with Gasteiger partial charge in [-0.15, -0.1) is 0 Å². The zero-order valence-corrected chi connectivity index (χ0v) is 12.1. The fourth-order valence-corrected chi connectivity index (χ4v) is 2.28. The van der Waals surface area contributed by atoms with Crippen LogP contribution in [0.1, 0.15) is 24.4 Å². The van der Waals surface area contributed by atoms with Crippen LogP contribution in [0.3, 0.4) is 0 Å². The Labute approximate surface area is 118 Å². The van der Waals surface area contributed by atoms with Crippen molar-refractivity contribution in [2.75, 3.05) is 11.9 Å². The molecular weight excluding hydrogens is 262 g/mol. The molecule has 1 aromatic heterocycles. The van der Waals surface area contributed by atoms with Crippen LogP contribution in [0.25, 0.3) is 0 Å². The Balaban J connectivity index is 2.18. The number of aliphatic hydroxyl groups excluding tert-OH is 1. The Kier molecular flexibility index (Phi) is 4.12. The predicted molar refractivity (Wildman–Crippen MR) is 77.4 cm³/mol. The van der Waals surface area contributed by atoms with E-state index in [4.69, 9.17) is 11.6 Å². The molecule has 0 saturated carbocycles. The lowest BCUT2D eigenvalue weighted by atomic mass is 10.1. The number of rotatable bonds is 4. The molecule has 1 N–H and O–H groups in total. The molecule has 4 nitrogen and oxygen atoms in total. The number of aryl methyl sites for hydroxylation is 1. The Morgan fingerprint density at radius 2 is 2.21 bits per heavy atom. The summed E-state index contributed by atoms with van der Waals surface area (Å²) in [6, 6.07) is 5.68. The van der Waals surface area contributed by atoms with Gasteiger partial charge in [-0.3, -0.25) is 0 Å². The van der Waals surface area contributed by atoms with Crippen LogP contribution >= 0.6 is 11.6 Å². The summed E-state index contributed by atoms with van der Waals surface area (Å²) in [7, 11) is 3.96. The maximum atomic E-state index is 9.57. The first-order chi connectivity index (χ1) is 8.99. The summed E-state index contributed by atoms with van der Waals surface area (Å²) in [6.45, 7) is 2.41. The number of imidazole rings is 1. The zero-order valence-electron chi connectivity index (χ0n) is 11.3. The van der Waals surface area contributed by atoms with E-state index in [9.17, 15) is 5.11 Å². The van der Waals surface area contributed by atoms with E-state index in [-0.39, 0.29) is 0 Å². The average molecular weight is 280 g/mol. The minimum Gasteiger partial charge on any atom is -0.389 e. The topological polar surface area (TPSA) is 41.3 Å². The third-order valence-electron chi connectivity index (χ3n) is 3.17. The van der Waals surface area contributed by atoms with Gasteiger partial charge in [-0.1, -0.05) is 17.7 Å². The van der Waals surface area contributed by atoms with Gasteiger partial charge in [-0.05, 0) is 24.6 Å². The van der Waals surface area contributed by atoms with E-state index in [0.29, 0.717) is 11.6 Å². The summed E-state index contributed by atoms with van der Waals surface area (Å²) < 4.78 is 1.99. The first-order valence-electron chi connectivity index (χ1n) is 6.14. The summed E-state index contributed by atoms with van der Waals surface area (Å²) in [5.41, 5.74) is 1.74. The second-order valence-electron chi connectivity index (χ2n) is 4.69. The standard InChI is InChI=1S/C14H18ClN3O/c1-10(19)12-5-4-11(8-13(12)15)18(3)9-14-16-6-7-17(14)2/h4-8,10,19H,9H2,1-3H3. The predicted octanol–water partition coefficient (Wildman–Crippen LogP) is 2.76. The summed E-state index contributed by atoms with van der Waals surface area (Å²) in [6.07, 6.45) is 3.15. The normalized spacial score (nSPS) is 12.5. The average Bonchev–Trinajstić information content (AvgIpc) is 2.74. The SMILES string of the molecule is CC(O)c1ccc(N(C)Cc2nccn2C)cc1Cl. The molecule has 19 heavy (non-hydrogen) atoms. The van der Waals surface area contributed by atoms with Crippen LogP contribution in [-0.2, 0) is 13.6 Å². The zero-order chi connectivity index (χ0) is 14.0. The van der Waals surface area contributed by atoms with Crippen LogP contribution in [-0.4, -0.2) is 21.7 Å². The van der Waals surface area contributed by atoms with Crippen LogP contribution in [0, 0.1) is 0 Å². The first kappa shape index (κ1) is 13.9. The number of halogens is 1. The number of hydrogen-bond acceptors (Lipinski definition) is 3. The van der Waals surface area contributed by atoms with E-state index >= 15 is 0 Å². The summed E-state index contributed by atoms with van der Waals surface area (Å²) in [5.74, 6) is 0.984. The van der Waals surface area contributed by atoms with Gasteiger partial charge in [-0.25, -0.2) is 4.98 Å². The van der Waals surface area contributed by atoms with Crippen LogP contribution in [0.2, 0.25) is 5.02 Å². The molecule has 0 aliphatic rings. The van der Waals surface area contributed by atoms with Gasteiger partial charge in [0, 0.05) is 37.2 Å². The number of anilines is 1. The Morgan fingerprint density at radius 3 is 2.74 bits per heavy atom. The summed E-state index contributed by atoms with van der Waals surface area (Å²) in [4.78, 5) is 6.37. The highest BCUT2D eigenvalue weighted by Crippen LogP contribution is 2.27. The lowest BCUT2D eigenvalue weighted by Gasteiger charge is -2.20. The molecule has 2 rings (SSSR count). The largest absolute Gasteiger partial charge is 0.389 e. The molecule has 0 amide bonds. The number of benzene rings is 1. The quantitative estimate of drug-likeness (QED) is 0.936. The summed E-state index contributed by atoms with van der Waals surface area (Å²) in [5, 5.41) is 10.1. The Bertz CT molecular complexity index is 566. The van der Waals surface area contributed by atoms with Crippen molar-refractivity contribution >= 4 is 17.3 Å². The highest BCUT2D eigenvalue weighted by molar-refractivity contribution is 6.31. The van der Waals surface area contributed by atoms with Crippen LogP contribution in [0.5, 0.6) is 0 Å². The minimum atomic E-state index is -0.554. The summed E-state index contributed by atoms with van der Waals surface area (Å²) >= 11 is 6.17. The van der Waals surface area contributed by atoms with Crippen molar-refractivity contribution in [1.29, 1.82) is 0 Å². The Hall–Kier alpha value is -1.52. The highest BCUT2D eigenvalue weighted by atomic mass is 35.5. The molecule has 5 heteroatoms. The maximum Gasteiger partial charge on any atom is 0.127 e. The second-order valence-corrected chi connectivity index (χ2v) is 5.10. The molecule has 0 spiro atoms. The highest BCUT2D eigenvalue weighted by Gasteiger charge is 2.10. The number of hydrogen-bond donors (Lipinski definition) is 1. The molecule has 1 aromatic carbocycles. The molecule has 2 aromatic rings. The van der Waals surface area contributed by atoms with Crippen LogP contribution in [0.15, 0.2) is 30.6 Å². The van der Waals surface area contributed by atoms with Gasteiger partial charge in [0.1, 0.15) is 5.82 Å². The molecule has 1 heterocycles. The van der Waals surface area contributed by atoms with Crippen molar-refractivity contribution in [3.05, 3.63) is 47.0 Å². The van der Waals surface area contributed by atoms with Gasteiger partial charge in [0.2, 0.25) is 0 Å². The first-order valence-corrected chi connectivity index (χ1v) is 6.51. The molecule has 1 unspecified atom stereocenters. The van der Waals surface area contributed by atoms with Crippen molar-refractivity contribution in [2.45, 2.75) is 19.6 Å². The van der Waals surface area contributed by atoms with Gasteiger partial charge < -0.3 is 14.6 Å². The van der Waals surface area contributed by atoms with E-state index in [2.05, 4.69) is 9.88 Å². The smallest absolute Gasteiger partial charge is 0.127 e. The van der Waals surface area contributed by atoms with Crippen molar-refractivity contribution in [3.8, 4) is 0 Å². The monoisotopic (exact) mass is 279 g/mol. The fourth-order valence-electron chi connectivity index (χ4n) is 1.94. The molecule has 0 radical (unpaired) electrons. The molecule has 0 fully saturated rings. The molecule has 0 saturated heterocycles. The third-order valence-corrected chi connectivity index (χ3v) is 3.50. The molecular formula is C14H18ClN3O. The molecule has 0 aliphatic heterocycles. The molecule has 0 bridgehead atoms. The second kappa shape index (κ2) is 5.63. The van der Waals surface area contributed by atoms with Crippen molar-refractivity contribution in [2.24, 2.45) is 7.05 Å². The van der Waals surface area contributed by atoms with Crippen molar-refractivity contribution in [1.82, 2.24) is 9.55 Å². The van der Waals surface area contributed by atoms with Gasteiger partial charge in [0.05, 0.1) is 12.6 Å². The van der Waals surface area contributed by atoms with E-state index < -0.39 is 6.10 Å². The van der Waals surface area contributed by atoms with E-state index in [1.165, 1.54) is 0 Å². The number of aromatic nitrogens is 2. The molecule has 102 valence electrons. The van der Waals surface area contributed by atoms with Gasteiger partial charge >= 0.3 is 0 Å². The van der Waals surface area contributed by atoms with Crippen molar-refractivity contribution in [3.63, 3.8) is 0 Å². The number of nitrogens with zero attached hydrogens (tertiary/aromatic N) is 3. The Morgan fingerprint density at radius 1 is 1.47 bits per heavy atom. The fraction of sp³-hybridized carbons (Fsp3) is 0.357. The number of aliphatic hydroxyl groups is 1. The van der Waals surface area contributed by atoms with E-state index in [1.54, 1.807) is 13.1 Å². The van der Waals surface area contributed by atoms with Gasteiger partial charge in [-0.2, -0.15) is 0 Å². The lowest BCUT2D eigenvalue weighted by Crippen LogP contribution is -2.19. The third kappa shape index (κ3) is 3.08. The van der Waals surface area contributed by atoms with Crippen LogP contribution in [0.4, 0.5) is 5.69 Å². The maximum absolute atomic E-state index is 9.57. The van der Waals surface area contributed by atoms with E-state index in [1.807, 2.05) is 43.1 Å². The van der Waals surface area contributed by atoms with Gasteiger partial charge in [0.15, 0.2) is 0 Å².